The molecular formula is C19H20N2O. The third-order valence-electron chi connectivity index (χ3n) is 3.74. The number of benzene rings is 2. The molecule has 0 radical (unpaired) electrons. The molecule has 0 bridgehead atoms. The van der Waals surface area contributed by atoms with Crippen molar-refractivity contribution in [3.05, 3.63) is 65.2 Å². The van der Waals surface area contributed by atoms with Crippen LogP contribution < -0.4 is 4.90 Å². The maximum Gasteiger partial charge on any atom is 0.159 e. The number of nitriles is 1. The van der Waals surface area contributed by atoms with Gasteiger partial charge in [-0.05, 0) is 43.5 Å². The van der Waals surface area contributed by atoms with Crippen LogP contribution in [0.2, 0.25) is 0 Å². The molecule has 0 aliphatic heterocycles. The summed E-state index contributed by atoms with van der Waals surface area (Å²) >= 11 is 0. The molecule has 0 unspecified atom stereocenters. The van der Waals surface area contributed by atoms with Crippen LogP contribution in [0, 0.1) is 11.3 Å². The monoisotopic (exact) mass is 292 g/mol. The highest BCUT2D eigenvalue weighted by Gasteiger charge is 2.10. The zero-order valence-corrected chi connectivity index (χ0v) is 13.0. The highest BCUT2D eigenvalue weighted by Crippen LogP contribution is 2.21. The van der Waals surface area contributed by atoms with Crippen LogP contribution in [-0.2, 0) is 6.42 Å². The fourth-order valence-electron chi connectivity index (χ4n) is 2.45. The van der Waals surface area contributed by atoms with E-state index in [0.717, 1.165) is 25.1 Å². The Morgan fingerprint density at radius 3 is 2.55 bits per heavy atom. The molecule has 22 heavy (non-hydrogen) atoms. The normalized spacial score (nSPS) is 10.0. The van der Waals surface area contributed by atoms with E-state index in [4.69, 9.17) is 0 Å². The van der Waals surface area contributed by atoms with Crippen molar-refractivity contribution < 1.29 is 4.79 Å². The second-order valence-electron chi connectivity index (χ2n) is 5.41. The summed E-state index contributed by atoms with van der Waals surface area (Å²) in [6.45, 7) is 2.38. The van der Waals surface area contributed by atoms with E-state index in [1.807, 2.05) is 36.2 Å². The molecule has 2 aromatic rings. The highest BCUT2D eigenvalue weighted by molar-refractivity contribution is 5.95. The molecule has 2 rings (SSSR count). The maximum absolute atomic E-state index is 11.5. The average molecular weight is 292 g/mol. The van der Waals surface area contributed by atoms with Crippen molar-refractivity contribution in [2.45, 2.75) is 19.8 Å². The lowest BCUT2D eigenvalue weighted by atomic mass is 10.1. The van der Waals surface area contributed by atoms with Gasteiger partial charge in [-0.2, -0.15) is 5.26 Å². The lowest BCUT2D eigenvalue weighted by molar-refractivity contribution is 0.101. The Hall–Kier alpha value is -2.60. The molecule has 0 N–H and O–H groups in total. The van der Waals surface area contributed by atoms with E-state index >= 15 is 0 Å². The minimum atomic E-state index is 0.0171. The van der Waals surface area contributed by atoms with Gasteiger partial charge in [-0.3, -0.25) is 4.79 Å². The van der Waals surface area contributed by atoms with E-state index in [1.54, 1.807) is 19.1 Å². The van der Waals surface area contributed by atoms with E-state index < -0.39 is 0 Å². The number of aryl methyl sites for hydroxylation is 1. The molecule has 0 amide bonds. The Labute approximate surface area is 131 Å². The zero-order valence-electron chi connectivity index (χ0n) is 13.0. The van der Waals surface area contributed by atoms with Gasteiger partial charge in [0.1, 0.15) is 6.07 Å². The number of hydrogen-bond donors (Lipinski definition) is 0. The predicted molar refractivity (Wildman–Crippen MR) is 89.2 cm³/mol. The second kappa shape index (κ2) is 7.42. The first-order valence-corrected chi connectivity index (χ1v) is 7.42. The molecule has 0 spiro atoms. The minimum absolute atomic E-state index is 0.0171. The first-order valence-electron chi connectivity index (χ1n) is 7.42. The Balaban J connectivity index is 2.05. The van der Waals surface area contributed by atoms with Gasteiger partial charge in [-0.25, -0.2) is 0 Å². The van der Waals surface area contributed by atoms with Gasteiger partial charge in [0, 0.05) is 19.2 Å². The van der Waals surface area contributed by atoms with Gasteiger partial charge in [0.15, 0.2) is 5.78 Å². The van der Waals surface area contributed by atoms with Gasteiger partial charge in [0.05, 0.1) is 11.3 Å². The Kier molecular flexibility index (Phi) is 5.32. The lowest BCUT2D eigenvalue weighted by Gasteiger charge is -2.21. The van der Waals surface area contributed by atoms with Crippen LogP contribution in [0.3, 0.4) is 0 Å². The summed E-state index contributed by atoms with van der Waals surface area (Å²) in [6, 6.07) is 17.8. The Morgan fingerprint density at radius 1 is 1.18 bits per heavy atom. The quantitative estimate of drug-likeness (QED) is 0.760. The second-order valence-corrected chi connectivity index (χ2v) is 5.41. The molecule has 0 aliphatic rings. The van der Waals surface area contributed by atoms with Gasteiger partial charge in [-0.15, -0.1) is 0 Å². The smallest absolute Gasteiger partial charge is 0.159 e. The molecule has 0 aliphatic carbocycles. The lowest BCUT2D eigenvalue weighted by Crippen LogP contribution is -2.20. The van der Waals surface area contributed by atoms with Crippen molar-refractivity contribution in [2.24, 2.45) is 0 Å². The van der Waals surface area contributed by atoms with Crippen molar-refractivity contribution >= 4 is 11.5 Å². The van der Waals surface area contributed by atoms with E-state index in [0.29, 0.717) is 11.1 Å². The van der Waals surface area contributed by atoms with Crippen LogP contribution in [0.1, 0.15) is 34.8 Å². The molecule has 0 saturated heterocycles. The molecule has 2 aromatic carbocycles. The summed E-state index contributed by atoms with van der Waals surface area (Å²) < 4.78 is 0. The van der Waals surface area contributed by atoms with Crippen LogP contribution in [0.15, 0.2) is 48.5 Å². The molecule has 3 heteroatoms. The molecule has 0 heterocycles. The number of ketones is 1. The summed E-state index contributed by atoms with van der Waals surface area (Å²) in [5.74, 6) is 0.0171. The summed E-state index contributed by atoms with van der Waals surface area (Å²) in [5, 5.41) is 9.24. The topological polar surface area (TPSA) is 44.1 Å². The first kappa shape index (κ1) is 15.8. The van der Waals surface area contributed by atoms with Gasteiger partial charge < -0.3 is 4.90 Å². The molecule has 112 valence electrons. The fourth-order valence-corrected chi connectivity index (χ4v) is 2.45. The van der Waals surface area contributed by atoms with Crippen LogP contribution in [0.5, 0.6) is 0 Å². The van der Waals surface area contributed by atoms with Crippen LogP contribution in [0.4, 0.5) is 5.69 Å². The van der Waals surface area contributed by atoms with E-state index in [1.165, 1.54) is 5.56 Å². The molecule has 0 aromatic heterocycles. The number of carbonyl (C=O) groups is 1. The number of hydrogen-bond acceptors (Lipinski definition) is 3. The van der Waals surface area contributed by atoms with Gasteiger partial charge in [0.25, 0.3) is 0 Å². The van der Waals surface area contributed by atoms with Gasteiger partial charge >= 0.3 is 0 Å². The number of carbonyl (C=O) groups excluding carboxylic acids is 1. The summed E-state index contributed by atoms with van der Waals surface area (Å²) in [6.07, 6.45) is 2.00. The van der Waals surface area contributed by atoms with Crippen molar-refractivity contribution in [1.82, 2.24) is 0 Å². The highest BCUT2D eigenvalue weighted by atomic mass is 16.1. The van der Waals surface area contributed by atoms with Crippen molar-refractivity contribution in [3.8, 4) is 6.07 Å². The van der Waals surface area contributed by atoms with Gasteiger partial charge in [0.2, 0.25) is 0 Å². The van der Waals surface area contributed by atoms with E-state index in [2.05, 4.69) is 18.2 Å². The maximum atomic E-state index is 11.5. The molecule has 0 fully saturated rings. The summed E-state index contributed by atoms with van der Waals surface area (Å²) in [7, 11) is 1.96. The van der Waals surface area contributed by atoms with Crippen LogP contribution in [0.25, 0.3) is 0 Å². The third kappa shape index (κ3) is 3.95. The average Bonchev–Trinajstić information content (AvgIpc) is 2.55. The summed E-state index contributed by atoms with van der Waals surface area (Å²) in [4.78, 5) is 13.6. The number of nitrogens with zero attached hydrogens (tertiary/aromatic N) is 2. The molecule has 3 nitrogen and oxygen atoms in total. The Morgan fingerprint density at radius 2 is 1.91 bits per heavy atom. The zero-order chi connectivity index (χ0) is 15.9. The molecule has 0 atom stereocenters. The van der Waals surface area contributed by atoms with Gasteiger partial charge in [-0.1, -0.05) is 30.3 Å². The third-order valence-corrected chi connectivity index (χ3v) is 3.74. The van der Waals surface area contributed by atoms with Crippen molar-refractivity contribution in [3.63, 3.8) is 0 Å². The Bertz CT molecular complexity index is 686. The first-order chi connectivity index (χ1) is 10.6. The van der Waals surface area contributed by atoms with Crippen LogP contribution >= 0.6 is 0 Å². The van der Waals surface area contributed by atoms with Crippen molar-refractivity contribution in [2.75, 3.05) is 18.5 Å². The summed E-state index contributed by atoms with van der Waals surface area (Å²) in [5.41, 5.74) is 3.38. The largest absolute Gasteiger partial charge is 0.374 e. The van der Waals surface area contributed by atoms with E-state index in [9.17, 15) is 10.1 Å². The van der Waals surface area contributed by atoms with Crippen LogP contribution in [-0.4, -0.2) is 19.4 Å². The molecular weight excluding hydrogens is 272 g/mol. The fraction of sp³-hybridized carbons (Fsp3) is 0.263. The number of rotatable bonds is 6. The molecule has 0 saturated carbocycles. The minimum Gasteiger partial charge on any atom is -0.374 e. The SMILES string of the molecule is CC(=O)c1ccc(C#N)c(N(C)CCCc2ccccc2)c1. The standard InChI is InChI=1S/C19H20N2O/c1-15(22)17-10-11-18(14-20)19(13-17)21(2)12-6-9-16-7-4-3-5-8-16/h3-5,7-8,10-11,13H,6,9,12H2,1-2H3. The van der Waals surface area contributed by atoms with Crippen molar-refractivity contribution in [1.29, 1.82) is 5.26 Å². The number of anilines is 1. The van der Waals surface area contributed by atoms with E-state index in [-0.39, 0.29) is 5.78 Å². The predicted octanol–water partition coefficient (Wildman–Crippen LogP) is 3.83. The number of Topliss-reactive ketones (excluding diaryl/α,β-unsaturated/α-hetero) is 1.